The van der Waals surface area contributed by atoms with E-state index < -0.39 is 0 Å². The third kappa shape index (κ3) is 7.50. The van der Waals surface area contributed by atoms with Gasteiger partial charge in [-0.15, -0.1) is 24.0 Å². The highest BCUT2D eigenvalue weighted by Gasteiger charge is 2.34. The Morgan fingerprint density at radius 3 is 2.42 bits per heavy atom. The zero-order valence-electron chi connectivity index (χ0n) is 17.4. The van der Waals surface area contributed by atoms with Crippen molar-refractivity contribution in [3.63, 3.8) is 0 Å². The van der Waals surface area contributed by atoms with E-state index >= 15 is 0 Å². The molecule has 0 amide bonds. The van der Waals surface area contributed by atoms with Gasteiger partial charge in [-0.3, -0.25) is 4.99 Å². The van der Waals surface area contributed by atoms with E-state index in [-0.39, 0.29) is 29.5 Å². The number of ether oxygens (including phenoxy) is 1. The van der Waals surface area contributed by atoms with Crippen LogP contribution in [0.2, 0.25) is 0 Å². The van der Waals surface area contributed by atoms with Crippen LogP contribution in [-0.2, 0) is 4.74 Å². The molecule has 0 bridgehead atoms. The minimum Gasteiger partial charge on any atom is -0.381 e. The first kappa shape index (κ1) is 24.0. The molecule has 1 saturated heterocycles. The van der Waals surface area contributed by atoms with Gasteiger partial charge >= 0.3 is 0 Å². The van der Waals surface area contributed by atoms with Crippen LogP contribution in [-0.4, -0.2) is 63.3 Å². The summed E-state index contributed by atoms with van der Waals surface area (Å²) in [6, 6.07) is 0.470. The van der Waals surface area contributed by atoms with Crippen LogP contribution in [0.15, 0.2) is 4.99 Å². The summed E-state index contributed by atoms with van der Waals surface area (Å²) >= 11 is 0. The molecule has 1 saturated carbocycles. The van der Waals surface area contributed by atoms with Gasteiger partial charge in [0.2, 0.25) is 0 Å². The average Bonchev–Trinajstić information content (AvgIpc) is 2.65. The Morgan fingerprint density at radius 2 is 1.85 bits per heavy atom. The van der Waals surface area contributed by atoms with Crippen molar-refractivity contribution in [2.45, 2.75) is 76.3 Å². The minimum absolute atomic E-state index is 0. The quantitative estimate of drug-likeness (QED) is 0.332. The molecule has 5 nitrogen and oxygen atoms in total. The Labute approximate surface area is 178 Å². The number of hydrogen-bond acceptors (Lipinski definition) is 3. The molecule has 154 valence electrons. The van der Waals surface area contributed by atoms with Crippen LogP contribution >= 0.6 is 24.0 Å². The molecular formula is C20H41IN4O. The number of nitrogens with zero attached hydrogens (tertiary/aromatic N) is 2. The molecule has 0 spiro atoms. The molecule has 6 heteroatoms. The molecule has 1 heterocycles. The highest BCUT2D eigenvalue weighted by atomic mass is 127. The van der Waals surface area contributed by atoms with Crippen molar-refractivity contribution in [2.75, 3.05) is 40.9 Å². The normalized spacial score (nSPS) is 22.6. The zero-order chi connectivity index (χ0) is 18.1. The highest BCUT2D eigenvalue weighted by molar-refractivity contribution is 14.0. The smallest absolute Gasteiger partial charge is 0.191 e. The van der Waals surface area contributed by atoms with Crippen molar-refractivity contribution < 1.29 is 4.74 Å². The lowest BCUT2D eigenvalue weighted by molar-refractivity contribution is -0.00503. The number of hydrogen-bond donors (Lipinski definition) is 2. The Kier molecular flexibility index (Phi) is 11.4. The summed E-state index contributed by atoms with van der Waals surface area (Å²) in [5, 5.41) is 7.16. The Hall–Kier alpha value is -0.0800. The van der Waals surface area contributed by atoms with Crippen LogP contribution in [0.1, 0.15) is 64.7 Å². The molecule has 2 fully saturated rings. The third-order valence-corrected chi connectivity index (χ3v) is 6.30. The molecule has 2 N–H and O–H groups in total. The van der Waals surface area contributed by atoms with Crippen LogP contribution in [0.4, 0.5) is 0 Å². The Bertz CT molecular complexity index is 405. The van der Waals surface area contributed by atoms with Gasteiger partial charge in [0.1, 0.15) is 0 Å². The molecule has 0 aromatic carbocycles. The maximum absolute atomic E-state index is 5.56. The number of aliphatic imine (C=N–C) groups is 1. The van der Waals surface area contributed by atoms with Crippen LogP contribution < -0.4 is 10.6 Å². The van der Waals surface area contributed by atoms with E-state index in [4.69, 9.17) is 4.74 Å². The van der Waals surface area contributed by atoms with E-state index in [1.807, 2.05) is 7.05 Å². The fraction of sp³-hybridized carbons (Fsp3) is 0.950. The van der Waals surface area contributed by atoms with Crippen molar-refractivity contribution in [2.24, 2.45) is 10.9 Å². The van der Waals surface area contributed by atoms with Gasteiger partial charge in [-0.2, -0.15) is 0 Å². The molecule has 2 aliphatic rings. The van der Waals surface area contributed by atoms with Gasteiger partial charge in [-0.25, -0.2) is 0 Å². The molecular weight excluding hydrogens is 439 g/mol. The summed E-state index contributed by atoms with van der Waals surface area (Å²) in [5.74, 6) is 1.89. The molecule has 0 aromatic rings. The van der Waals surface area contributed by atoms with Gasteiger partial charge in [0.25, 0.3) is 0 Å². The monoisotopic (exact) mass is 480 g/mol. The average molecular weight is 480 g/mol. The summed E-state index contributed by atoms with van der Waals surface area (Å²) in [6.45, 7) is 4.90. The first-order chi connectivity index (χ1) is 12.1. The van der Waals surface area contributed by atoms with E-state index in [2.05, 4.69) is 41.5 Å². The summed E-state index contributed by atoms with van der Waals surface area (Å²) in [7, 11) is 6.22. The second-order valence-electron chi connectivity index (χ2n) is 8.28. The molecule has 1 atom stereocenters. The van der Waals surface area contributed by atoms with Crippen molar-refractivity contribution in [1.29, 1.82) is 0 Å². The third-order valence-electron chi connectivity index (χ3n) is 6.30. The molecule has 1 unspecified atom stereocenters. The van der Waals surface area contributed by atoms with Crippen molar-refractivity contribution >= 4 is 29.9 Å². The van der Waals surface area contributed by atoms with Crippen LogP contribution in [0.3, 0.4) is 0 Å². The number of halogens is 1. The topological polar surface area (TPSA) is 48.9 Å². The fourth-order valence-corrected chi connectivity index (χ4v) is 4.24. The zero-order valence-corrected chi connectivity index (χ0v) is 19.7. The molecule has 26 heavy (non-hydrogen) atoms. The van der Waals surface area contributed by atoms with Crippen LogP contribution in [0, 0.1) is 5.92 Å². The fourth-order valence-electron chi connectivity index (χ4n) is 4.24. The SMILES string of the molecule is CN=C(NCC1(N(C)C)CCOCC1)NC(C)CCC1CCCCC1.I. The molecule has 2 rings (SSSR count). The van der Waals surface area contributed by atoms with Crippen LogP contribution in [0.5, 0.6) is 0 Å². The molecule has 1 aliphatic carbocycles. The largest absolute Gasteiger partial charge is 0.381 e. The van der Waals surface area contributed by atoms with E-state index in [1.54, 1.807) is 0 Å². The lowest BCUT2D eigenvalue weighted by atomic mass is 9.85. The predicted octanol–water partition coefficient (Wildman–Crippen LogP) is 3.63. The maximum Gasteiger partial charge on any atom is 0.191 e. The van der Waals surface area contributed by atoms with Crippen molar-refractivity contribution in [1.82, 2.24) is 15.5 Å². The van der Waals surface area contributed by atoms with E-state index in [0.29, 0.717) is 6.04 Å². The van der Waals surface area contributed by atoms with E-state index in [0.717, 1.165) is 44.5 Å². The molecule has 0 aromatic heterocycles. The van der Waals surface area contributed by atoms with Crippen LogP contribution in [0.25, 0.3) is 0 Å². The molecule has 1 aliphatic heterocycles. The lowest BCUT2D eigenvalue weighted by Crippen LogP contribution is -2.57. The minimum atomic E-state index is 0. The number of rotatable bonds is 7. The standard InChI is InChI=1S/C20H40N4O.HI/c1-17(10-11-18-8-6-5-7-9-18)23-19(21-2)22-16-20(24(3)4)12-14-25-15-13-20;/h17-18H,5-16H2,1-4H3,(H2,21,22,23);1H. The molecule has 0 radical (unpaired) electrons. The van der Waals surface area contributed by atoms with Gasteiger partial charge < -0.3 is 20.3 Å². The summed E-state index contributed by atoms with van der Waals surface area (Å²) < 4.78 is 5.56. The van der Waals surface area contributed by atoms with E-state index in [9.17, 15) is 0 Å². The lowest BCUT2D eigenvalue weighted by Gasteiger charge is -2.43. The van der Waals surface area contributed by atoms with Gasteiger partial charge in [0, 0.05) is 38.4 Å². The number of likely N-dealkylation sites (N-methyl/N-ethyl adjacent to an activating group) is 1. The maximum atomic E-state index is 5.56. The van der Waals surface area contributed by atoms with Gasteiger partial charge in [0.05, 0.1) is 0 Å². The summed E-state index contributed by atoms with van der Waals surface area (Å²) in [4.78, 5) is 6.79. The van der Waals surface area contributed by atoms with Gasteiger partial charge in [0.15, 0.2) is 5.96 Å². The number of guanidine groups is 1. The predicted molar refractivity (Wildman–Crippen MR) is 122 cm³/mol. The number of nitrogens with one attached hydrogen (secondary N) is 2. The first-order valence-electron chi connectivity index (χ1n) is 10.3. The van der Waals surface area contributed by atoms with Gasteiger partial charge in [-0.05, 0) is 52.6 Å². The highest BCUT2D eigenvalue weighted by Crippen LogP contribution is 2.28. The van der Waals surface area contributed by atoms with Crippen molar-refractivity contribution in [3.8, 4) is 0 Å². The second kappa shape index (κ2) is 12.4. The Balaban J connectivity index is 0.00000338. The summed E-state index contributed by atoms with van der Waals surface area (Å²) in [6.07, 6.45) is 11.9. The second-order valence-corrected chi connectivity index (χ2v) is 8.28. The first-order valence-corrected chi connectivity index (χ1v) is 10.3. The Morgan fingerprint density at radius 1 is 1.19 bits per heavy atom. The van der Waals surface area contributed by atoms with Gasteiger partial charge in [-0.1, -0.05) is 32.1 Å². The summed E-state index contributed by atoms with van der Waals surface area (Å²) in [5.41, 5.74) is 0.168. The van der Waals surface area contributed by atoms with Crippen molar-refractivity contribution in [3.05, 3.63) is 0 Å². The van der Waals surface area contributed by atoms with E-state index in [1.165, 1.54) is 44.9 Å².